The highest BCUT2D eigenvalue weighted by Crippen LogP contribution is 2.20. The summed E-state index contributed by atoms with van der Waals surface area (Å²) in [6, 6.07) is 11.7. The van der Waals surface area contributed by atoms with Gasteiger partial charge in [0.15, 0.2) is 0 Å². The molecule has 2 aromatic rings. The smallest absolute Gasteiger partial charge is 0.262 e. The lowest BCUT2D eigenvalue weighted by molar-refractivity contribution is -0.385. The van der Waals surface area contributed by atoms with Crippen LogP contribution in [0.3, 0.4) is 0 Å². The first-order valence-electron chi connectivity index (χ1n) is 5.77. The quantitative estimate of drug-likeness (QED) is 0.457. The summed E-state index contributed by atoms with van der Waals surface area (Å²) < 4.78 is 29.7. The lowest BCUT2D eigenvalue weighted by Gasteiger charge is -2.06. The van der Waals surface area contributed by atoms with E-state index in [1.54, 1.807) is 24.3 Å². The van der Waals surface area contributed by atoms with Crippen molar-refractivity contribution >= 4 is 31.7 Å². The average molecular weight is 372 g/mol. The van der Waals surface area contributed by atoms with Crippen LogP contribution in [0.1, 0.15) is 5.56 Å². The standard InChI is InChI=1S/C13H10BrNO5S/c14-11-4-1-3-10(7-11)9-20-21(18,19)13-6-2-5-12(8-13)15(16)17/h1-8H,9H2. The molecular weight excluding hydrogens is 362 g/mol. The van der Waals surface area contributed by atoms with E-state index in [-0.39, 0.29) is 17.2 Å². The van der Waals surface area contributed by atoms with E-state index in [1.165, 1.54) is 18.2 Å². The Morgan fingerprint density at radius 1 is 1.14 bits per heavy atom. The molecule has 2 aromatic carbocycles. The van der Waals surface area contributed by atoms with Crippen LogP contribution in [0.5, 0.6) is 0 Å². The van der Waals surface area contributed by atoms with Gasteiger partial charge in [0.2, 0.25) is 0 Å². The van der Waals surface area contributed by atoms with Gasteiger partial charge in [0, 0.05) is 16.6 Å². The second-order valence-electron chi connectivity index (χ2n) is 4.10. The number of nitro groups is 1. The van der Waals surface area contributed by atoms with Gasteiger partial charge in [-0.3, -0.25) is 14.3 Å². The van der Waals surface area contributed by atoms with Crippen LogP contribution in [0, 0.1) is 10.1 Å². The van der Waals surface area contributed by atoms with E-state index in [4.69, 9.17) is 4.18 Å². The second-order valence-corrected chi connectivity index (χ2v) is 6.63. The zero-order valence-electron chi connectivity index (χ0n) is 10.6. The molecule has 0 saturated heterocycles. The van der Waals surface area contributed by atoms with Gasteiger partial charge < -0.3 is 0 Å². The summed E-state index contributed by atoms with van der Waals surface area (Å²) in [5.41, 5.74) is 0.362. The van der Waals surface area contributed by atoms with Gasteiger partial charge in [0.1, 0.15) is 4.90 Å². The van der Waals surface area contributed by atoms with Crippen molar-refractivity contribution in [2.45, 2.75) is 11.5 Å². The van der Waals surface area contributed by atoms with Crippen LogP contribution in [0.4, 0.5) is 5.69 Å². The van der Waals surface area contributed by atoms with E-state index in [0.717, 1.165) is 10.5 Å². The van der Waals surface area contributed by atoms with Crippen LogP contribution < -0.4 is 0 Å². The van der Waals surface area contributed by atoms with Crippen LogP contribution >= 0.6 is 15.9 Å². The predicted octanol–water partition coefficient (Wildman–Crippen LogP) is 3.26. The predicted molar refractivity (Wildman–Crippen MR) is 79.2 cm³/mol. The molecule has 21 heavy (non-hydrogen) atoms. The van der Waals surface area contributed by atoms with Crippen LogP contribution in [0.25, 0.3) is 0 Å². The number of nitrogens with zero attached hydrogens (tertiary/aromatic N) is 1. The fourth-order valence-corrected chi connectivity index (χ4v) is 2.98. The summed E-state index contributed by atoms with van der Waals surface area (Å²) in [6.07, 6.45) is 0. The number of halogens is 1. The van der Waals surface area contributed by atoms with Crippen molar-refractivity contribution in [2.24, 2.45) is 0 Å². The molecule has 8 heteroatoms. The third-order valence-corrected chi connectivity index (χ3v) is 4.34. The summed E-state index contributed by atoms with van der Waals surface area (Å²) in [5, 5.41) is 10.7. The Morgan fingerprint density at radius 2 is 1.86 bits per heavy atom. The number of hydrogen-bond donors (Lipinski definition) is 0. The molecule has 0 bridgehead atoms. The minimum Gasteiger partial charge on any atom is -0.262 e. The topological polar surface area (TPSA) is 86.5 Å². The lowest BCUT2D eigenvalue weighted by atomic mass is 10.2. The number of nitro benzene ring substituents is 1. The first kappa shape index (κ1) is 15.6. The molecule has 0 atom stereocenters. The minimum atomic E-state index is -4.05. The Morgan fingerprint density at radius 3 is 2.52 bits per heavy atom. The second kappa shape index (κ2) is 6.33. The van der Waals surface area contributed by atoms with E-state index < -0.39 is 15.0 Å². The molecule has 0 N–H and O–H groups in total. The Balaban J connectivity index is 2.19. The van der Waals surface area contributed by atoms with E-state index in [9.17, 15) is 18.5 Å². The van der Waals surface area contributed by atoms with Crippen molar-refractivity contribution in [3.8, 4) is 0 Å². The van der Waals surface area contributed by atoms with Crippen molar-refractivity contribution in [2.75, 3.05) is 0 Å². The minimum absolute atomic E-state index is 0.148. The normalized spacial score (nSPS) is 11.3. The van der Waals surface area contributed by atoms with Crippen molar-refractivity contribution in [3.05, 3.63) is 68.7 Å². The number of hydrogen-bond acceptors (Lipinski definition) is 5. The van der Waals surface area contributed by atoms with Gasteiger partial charge in [-0.05, 0) is 23.8 Å². The molecule has 0 aromatic heterocycles. The van der Waals surface area contributed by atoms with Crippen LogP contribution in [0.2, 0.25) is 0 Å². The summed E-state index contributed by atoms with van der Waals surface area (Å²) in [7, 11) is -4.05. The van der Waals surface area contributed by atoms with E-state index in [0.29, 0.717) is 5.56 Å². The maximum atomic E-state index is 12.0. The van der Waals surface area contributed by atoms with Gasteiger partial charge in [0.05, 0.1) is 11.5 Å². The van der Waals surface area contributed by atoms with Crippen molar-refractivity contribution in [1.29, 1.82) is 0 Å². The highest BCUT2D eigenvalue weighted by molar-refractivity contribution is 9.10. The maximum absolute atomic E-state index is 12.0. The number of non-ortho nitro benzene ring substituents is 1. The molecule has 6 nitrogen and oxygen atoms in total. The summed E-state index contributed by atoms with van der Waals surface area (Å²) in [5.74, 6) is 0. The average Bonchev–Trinajstić information content (AvgIpc) is 2.45. The summed E-state index contributed by atoms with van der Waals surface area (Å²) >= 11 is 3.27. The molecule has 0 spiro atoms. The van der Waals surface area contributed by atoms with Gasteiger partial charge >= 0.3 is 0 Å². The van der Waals surface area contributed by atoms with Crippen molar-refractivity contribution in [1.82, 2.24) is 0 Å². The molecular formula is C13H10BrNO5S. The SMILES string of the molecule is O=[N+]([O-])c1cccc(S(=O)(=O)OCc2cccc(Br)c2)c1. The Kier molecular flexibility index (Phi) is 4.71. The fraction of sp³-hybridized carbons (Fsp3) is 0.0769. The first-order chi connectivity index (χ1) is 9.88. The fourth-order valence-electron chi connectivity index (χ4n) is 1.59. The summed E-state index contributed by atoms with van der Waals surface area (Å²) in [4.78, 5) is 9.76. The molecule has 0 fully saturated rings. The van der Waals surface area contributed by atoms with Crippen LogP contribution in [0.15, 0.2) is 57.9 Å². The third-order valence-electron chi connectivity index (χ3n) is 2.59. The Labute approximate surface area is 129 Å². The summed E-state index contributed by atoms with van der Waals surface area (Å²) in [6.45, 7) is -0.148. The van der Waals surface area contributed by atoms with Gasteiger partial charge in [-0.15, -0.1) is 0 Å². The molecule has 0 saturated carbocycles. The van der Waals surface area contributed by atoms with Crippen LogP contribution in [-0.4, -0.2) is 13.3 Å². The van der Waals surface area contributed by atoms with Gasteiger partial charge in [-0.1, -0.05) is 34.1 Å². The van der Waals surface area contributed by atoms with E-state index >= 15 is 0 Å². The lowest BCUT2D eigenvalue weighted by Crippen LogP contribution is -2.07. The molecule has 0 radical (unpaired) electrons. The largest absolute Gasteiger partial charge is 0.297 e. The van der Waals surface area contributed by atoms with Gasteiger partial charge in [-0.25, -0.2) is 0 Å². The highest BCUT2D eigenvalue weighted by Gasteiger charge is 2.18. The zero-order chi connectivity index (χ0) is 15.5. The molecule has 110 valence electrons. The highest BCUT2D eigenvalue weighted by atomic mass is 79.9. The molecule has 0 aliphatic heterocycles. The first-order valence-corrected chi connectivity index (χ1v) is 7.97. The van der Waals surface area contributed by atoms with E-state index in [2.05, 4.69) is 15.9 Å². The van der Waals surface area contributed by atoms with Crippen molar-refractivity contribution in [3.63, 3.8) is 0 Å². The maximum Gasteiger partial charge on any atom is 0.297 e. The van der Waals surface area contributed by atoms with E-state index in [1.807, 2.05) is 0 Å². The molecule has 0 aliphatic carbocycles. The Hall–Kier alpha value is -1.77. The number of rotatable bonds is 5. The molecule has 2 rings (SSSR count). The third kappa shape index (κ3) is 4.10. The van der Waals surface area contributed by atoms with Crippen LogP contribution in [-0.2, 0) is 20.9 Å². The molecule has 0 amide bonds. The molecule has 0 unspecified atom stereocenters. The molecule has 0 heterocycles. The van der Waals surface area contributed by atoms with Gasteiger partial charge in [-0.2, -0.15) is 8.42 Å². The monoisotopic (exact) mass is 371 g/mol. The number of benzene rings is 2. The molecule has 0 aliphatic rings. The van der Waals surface area contributed by atoms with Gasteiger partial charge in [0.25, 0.3) is 15.8 Å². The van der Waals surface area contributed by atoms with Crippen molar-refractivity contribution < 1.29 is 17.5 Å². The zero-order valence-corrected chi connectivity index (χ0v) is 13.0. The Bertz CT molecular complexity index is 776.